The molecule has 4 aromatic rings. The third kappa shape index (κ3) is 4.04. The fourth-order valence-corrected chi connectivity index (χ4v) is 3.09. The average Bonchev–Trinajstić information content (AvgIpc) is 3.12. The van der Waals surface area contributed by atoms with E-state index in [1.807, 2.05) is 36.4 Å². The van der Waals surface area contributed by atoms with E-state index in [1.54, 1.807) is 12.1 Å². The number of fused-ring (bicyclic) bond motifs is 1. The summed E-state index contributed by atoms with van der Waals surface area (Å²) in [5.74, 6) is 0.194. The Hall–Kier alpha value is -3.19. The van der Waals surface area contributed by atoms with Gasteiger partial charge in [-0.1, -0.05) is 12.1 Å². The van der Waals surface area contributed by atoms with Gasteiger partial charge in [-0.05, 0) is 70.5 Å². The van der Waals surface area contributed by atoms with Gasteiger partial charge in [-0.15, -0.1) is 0 Å². The number of aromatic nitrogens is 1. The van der Waals surface area contributed by atoms with Crippen LogP contribution >= 0.6 is 15.9 Å². The second-order valence-corrected chi connectivity index (χ2v) is 6.83. The van der Waals surface area contributed by atoms with Crippen LogP contribution in [0.15, 0.2) is 75.6 Å². The molecule has 0 aliphatic rings. The number of anilines is 1. The molecule has 0 saturated carbocycles. The smallest absolute Gasteiger partial charge is 0.262 e. The van der Waals surface area contributed by atoms with Gasteiger partial charge in [0.05, 0.1) is 4.47 Å². The molecule has 3 aromatic carbocycles. The molecule has 0 fully saturated rings. The molecule has 0 radical (unpaired) electrons. The molecule has 5 nitrogen and oxygen atoms in total. The highest BCUT2D eigenvalue weighted by Gasteiger charge is 2.10. The van der Waals surface area contributed by atoms with E-state index in [0.717, 1.165) is 16.7 Å². The lowest BCUT2D eigenvalue weighted by Gasteiger charge is -2.09. The molecule has 0 saturated heterocycles. The van der Waals surface area contributed by atoms with Gasteiger partial charge in [0, 0.05) is 11.3 Å². The van der Waals surface area contributed by atoms with Crippen LogP contribution in [0.4, 0.5) is 10.1 Å². The van der Waals surface area contributed by atoms with Crippen LogP contribution in [0.1, 0.15) is 0 Å². The Labute approximate surface area is 168 Å². The van der Waals surface area contributed by atoms with Crippen LogP contribution in [0.2, 0.25) is 0 Å². The predicted molar refractivity (Wildman–Crippen MR) is 108 cm³/mol. The highest BCUT2D eigenvalue weighted by molar-refractivity contribution is 9.10. The maximum Gasteiger partial charge on any atom is 0.262 e. The summed E-state index contributed by atoms with van der Waals surface area (Å²) in [6.07, 6.45) is 0. The number of nitrogens with zero attached hydrogens (tertiary/aromatic N) is 1. The van der Waals surface area contributed by atoms with Crippen LogP contribution < -0.4 is 10.1 Å². The normalized spacial score (nSPS) is 10.8. The Morgan fingerprint density at radius 2 is 1.89 bits per heavy atom. The molecule has 0 aliphatic heterocycles. The number of carbonyl (C=O) groups excluding carboxylic acids is 1. The first-order valence-corrected chi connectivity index (χ1v) is 9.21. The summed E-state index contributed by atoms with van der Waals surface area (Å²) in [4.78, 5) is 16.5. The van der Waals surface area contributed by atoms with Gasteiger partial charge < -0.3 is 14.5 Å². The minimum atomic E-state index is -0.386. The van der Waals surface area contributed by atoms with Gasteiger partial charge in [-0.2, -0.15) is 0 Å². The Morgan fingerprint density at radius 1 is 1.11 bits per heavy atom. The number of nitrogens with one attached hydrogen (secondary N) is 1. The first-order chi connectivity index (χ1) is 13.6. The van der Waals surface area contributed by atoms with Gasteiger partial charge in [0.1, 0.15) is 17.1 Å². The van der Waals surface area contributed by atoms with Gasteiger partial charge in [-0.3, -0.25) is 4.79 Å². The molecule has 140 valence electrons. The van der Waals surface area contributed by atoms with Crippen LogP contribution in [0, 0.1) is 5.82 Å². The predicted octanol–water partition coefficient (Wildman–Crippen LogP) is 5.41. The SMILES string of the molecule is O=C(COc1ccc(F)cc1Br)Nc1ccc(-c2nc3ccccc3o2)cc1. The lowest BCUT2D eigenvalue weighted by molar-refractivity contribution is -0.118. The summed E-state index contributed by atoms with van der Waals surface area (Å²) in [7, 11) is 0. The minimum Gasteiger partial charge on any atom is -0.483 e. The van der Waals surface area contributed by atoms with Crippen LogP contribution in [0.25, 0.3) is 22.6 Å². The molecular weight excluding hydrogens is 427 g/mol. The number of hydrogen-bond donors (Lipinski definition) is 1. The second kappa shape index (κ2) is 7.82. The molecule has 0 aliphatic carbocycles. The molecule has 1 amide bonds. The molecule has 28 heavy (non-hydrogen) atoms. The minimum absolute atomic E-state index is 0.197. The molecule has 1 aromatic heterocycles. The summed E-state index contributed by atoms with van der Waals surface area (Å²) < 4.78 is 24.7. The van der Waals surface area contributed by atoms with Crippen molar-refractivity contribution in [2.75, 3.05) is 11.9 Å². The molecule has 7 heteroatoms. The zero-order valence-electron chi connectivity index (χ0n) is 14.5. The van der Waals surface area contributed by atoms with E-state index >= 15 is 0 Å². The van der Waals surface area contributed by atoms with Crippen molar-refractivity contribution >= 4 is 38.6 Å². The van der Waals surface area contributed by atoms with E-state index in [-0.39, 0.29) is 18.3 Å². The van der Waals surface area contributed by atoms with Crippen molar-refractivity contribution in [3.05, 3.63) is 77.0 Å². The monoisotopic (exact) mass is 440 g/mol. The molecule has 4 rings (SSSR count). The van der Waals surface area contributed by atoms with E-state index in [4.69, 9.17) is 9.15 Å². The fourth-order valence-electron chi connectivity index (χ4n) is 2.62. The molecule has 1 N–H and O–H groups in total. The van der Waals surface area contributed by atoms with Crippen molar-refractivity contribution in [3.8, 4) is 17.2 Å². The topological polar surface area (TPSA) is 64.4 Å². The molecule has 0 bridgehead atoms. The van der Waals surface area contributed by atoms with Crippen molar-refractivity contribution in [3.63, 3.8) is 0 Å². The number of hydrogen-bond acceptors (Lipinski definition) is 4. The lowest BCUT2D eigenvalue weighted by Crippen LogP contribution is -2.20. The average molecular weight is 441 g/mol. The van der Waals surface area contributed by atoms with Crippen LogP contribution in [-0.2, 0) is 4.79 Å². The van der Waals surface area contributed by atoms with Gasteiger partial charge >= 0.3 is 0 Å². The van der Waals surface area contributed by atoms with Gasteiger partial charge in [-0.25, -0.2) is 9.37 Å². The zero-order chi connectivity index (χ0) is 19.5. The van der Waals surface area contributed by atoms with E-state index in [9.17, 15) is 9.18 Å². The van der Waals surface area contributed by atoms with Crippen molar-refractivity contribution in [2.45, 2.75) is 0 Å². The number of oxazole rings is 1. The first-order valence-electron chi connectivity index (χ1n) is 8.42. The summed E-state index contributed by atoms with van der Waals surface area (Å²) in [6.45, 7) is -0.197. The number of para-hydroxylation sites is 2. The van der Waals surface area contributed by atoms with Crippen molar-refractivity contribution in [2.24, 2.45) is 0 Å². The highest BCUT2D eigenvalue weighted by atomic mass is 79.9. The lowest BCUT2D eigenvalue weighted by atomic mass is 10.2. The Bertz CT molecular complexity index is 1110. The summed E-state index contributed by atoms with van der Waals surface area (Å²) in [5, 5.41) is 2.74. The van der Waals surface area contributed by atoms with Gasteiger partial charge in [0.2, 0.25) is 5.89 Å². The number of benzene rings is 3. The Morgan fingerprint density at radius 3 is 2.64 bits per heavy atom. The van der Waals surface area contributed by atoms with E-state index in [1.165, 1.54) is 18.2 Å². The maximum atomic E-state index is 13.1. The number of carbonyl (C=O) groups is 1. The van der Waals surface area contributed by atoms with E-state index in [0.29, 0.717) is 21.8 Å². The largest absolute Gasteiger partial charge is 0.483 e. The molecule has 0 atom stereocenters. The summed E-state index contributed by atoms with van der Waals surface area (Å²) in [6, 6.07) is 18.7. The highest BCUT2D eigenvalue weighted by Crippen LogP contribution is 2.26. The fraction of sp³-hybridized carbons (Fsp3) is 0.0476. The van der Waals surface area contributed by atoms with E-state index < -0.39 is 0 Å². The molecule has 0 unspecified atom stereocenters. The van der Waals surface area contributed by atoms with E-state index in [2.05, 4.69) is 26.2 Å². The van der Waals surface area contributed by atoms with Crippen molar-refractivity contribution in [1.29, 1.82) is 0 Å². The van der Waals surface area contributed by atoms with Crippen LogP contribution in [0.3, 0.4) is 0 Å². The van der Waals surface area contributed by atoms with Crippen molar-refractivity contribution < 1.29 is 18.3 Å². The van der Waals surface area contributed by atoms with Crippen LogP contribution in [-0.4, -0.2) is 17.5 Å². The van der Waals surface area contributed by atoms with Crippen LogP contribution in [0.5, 0.6) is 5.75 Å². The zero-order valence-corrected chi connectivity index (χ0v) is 16.1. The second-order valence-electron chi connectivity index (χ2n) is 5.98. The van der Waals surface area contributed by atoms with Crippen molar-refractivity contribution in [1.82, 2.24) is 4.98 Å². The van der Waals surface area contributed by atoms with Gasteiger partial charge in [0.15, 0.2) is 12.2 Å². The number of rotatable bonds is 5. The standard InChI is InChI=1S/C21H14BrFN2O3/c22-16-11-14(23)7-10-18(16)27-12-20(26)24-15-8-5-13(6-9-15)21-25-17-3-1-2-4-19(17)28-21/h1-11H,12H2,(H,24,26). The maximum absolute atomic E-state index is 13.1. The number of amides is 1. The molecular formula is C21H14BrFN2O3. The third-order valence-corrected chi connectivity index (χ3v) is 4.58. The quantitative estimate of drug-likeness (QED) is 0.450. The first kappa shape index (κ1) is 18.2. The Kier molecular flexibility index (Phi) is 5.08. The number of ether oxygens (including phenoxy) is 1. The third-order valence-electron chi connectivity index (χ3n) is 3.96. The summed E-state index contributed by atoms with van der Waals surface area (Å²) >= 11 is 3.20. The van der Waals surface area contributed by atoms with Gasteiger partial charge in [0.25, 0.3) is 5.91 Å². The Balaban J connectivity index is 1.39. The molecule has 0 spiro atoms. The number of halogens is 2. The summed E-state index contributed by atoms with van der Waals surface area (Å²) in [5.41, 5.74) is 2.94. The molecule has 1 heterocycles.